The minimum absolute atomic E-state index is 0.00499. The van der Waals surface area contributed by atoms with E-state index in [4.69, 9.17) is 5.11 Å². The lowest BCUT2D eigenvalue weighted by atomic mass is 10.5. The predicted molar refractivity (Wildman–Crippen MR) is 67.7 cm³/mol. The third-order valence-electron chi connectivity index (χ3n) is 2.73. The Morgan fingerprint density at radius 3 is 2.44 bits per heavy atom. The van der Waals surface area contributed by atoms with Gasteiger partial charge in [0, 0.05) is 23.3 Å². The second-order valence-corrected chi connectivity index (χ2v) is 9.20. The van der Waals surface area contributed by atoms with Gasteiger partial charge in [0.1, 0.15) is 0 Å². The monoisotopic (exact) mass is 311 g/mol. The molecule has 1 aliphatic rings. The summed E-state index contributed by atoms with van der Waals surface area (Å²) in [5, 5.41) is 10.4. The number of nitrogens with zero attached hydrogens (tertiary/aromatic N) is 1. The van der Waals surface area contributed by atoms with Crippen LogP contribution < -0.4 is 0 Å². The lowest BCUT2D eigenvalue weighted by molar-refractivity contribution is 0.285. The van der Waals surface area contributed by atoms with Crippen LogP contribution in [0.3, 0.4) is 0 Å². The highest BCUT2D eigenvalue weighted by atomic mass is 32.2. The zero-order valence-electron chi connectivity index (χ0n) is 9.44. The fourth-order valence-electron chi connectivity index (χ4n) is 1.66. The van der Waals surface area contributed by atoms with Gasteiger partial charge in [-0.05, 0) is 6.07 Å². The van der Waals surface area contributed by atoms with E-state index in [1.807, 2.05) is 0 Å². The minimum atomic E-state index is -3.63. The number of aliphatic hydroxyl groups is 1. The fraction of sp³-hybridized carbons (Fsp3) is 0.556. The average Bonchev–Trinajstić information content (AvgIpc) is 2.77. The van der Waals surface area contributed by atoms with Crippen molar-refractivity contribution in [2.75, 3.05) is 24.6 Å². The summed E-state index contributed by atoms with van der Waals surface area (Å²) in [5.74, 6) is -0.271. The summed E-state index contributed by atoms with van der Waals surface area (Å²) in [4.78, 5) is 0.689. The number of thiophene rings is 1. The van der Waals surface area contributed by atoms with Crippen LogP contribution in [0.2, 0.25) is 0 Å². The highest BCUT2D eigenvalue weighted by Gasteiger charge is 2.31. The molecule has 0 atom stereocenters. The van der Waals surface area contributed by atoms with Crippen LogP contribution in [0.25, 0.3) is 0 Å². The highest BCUT2D eigenvalue weighted by Crippen LogP contribution is 2.23. The van der Waals surface area contributed by atoms with Gasteiger partial charge in [0.25, 0.3) is 0 Å². The van der Waals surface area contributed by atoms with Gasteiger partial charge >= 0.3 is 0 Å². The van der Waals surface area contributed by atoms with E-state index in [-0.39, 0.29) is 36.1 Å². The molecule has 0 radical (unpaired) electrons. The van der Waals surface area contributed by atoms with Crippen molar-refractivity contribution in [2.24, 2.45) is 0 Å². The van der Waals surface area contributed by atoms with Gasteiger partial charge in [-0.3, -0.25) is 0 Å². The molecule has 18 heavy (non-hydrogen) atoms. The van der Waals surface area contributed by atoms with E-state index in [2.05, 4.69) is 0 Å². The molecule has 0 amide bonds. The first-order chi connectivity index (χ1) is 8.35. The van der Waals surface area contributed by atoms with E-state index in [0.717, 1.165) is 0 Å². The Labute approximate surface area is 110 Å². The maximum atomic E-state index is 12.2. The summed E-state index contributed by atoms with van der Waals surface area (Å²) >= 11 is 1.17. The maximum absolute atomic E-state index is 12.2. The Balaban J connectivity index is 2.22. The molecular formula is C9H13NO5S3. The second-order valence-electron chi connectivity index (χ2n) is 3.96. The van der Waals surface area contributed by atoms with Gasteiger partial charge in [0.2, 0.25) is 10.0 Å². The molecular weight excluding hydrogens is 298 g/mol. The summed E-state index contributed by atoms with van der Waals surface area (Å²) in [6.07, 6.45) is 0. The van der Waals surface area contributed by atoms with E-state index < -0.39 is 19.9 Å². The summed E-state index contributed by atoms with van der Waals surface area (Å²) in [7, 11) is -6.73. The molecule has 0 saturated carbocycles. The zero-order valence-corrected chi connectivity index (χ0v) is 11.9. The molecule has 0 unspecified atom stereocenters. The third kappa shape index (κ3) is 2.75. The van der Waals surface area contributed by atoms with E-state index >= 15 is 0 Å². The number of sulfonamides is 1. The molecule has 1 saturated heterocycles. The Morgan fingerprint density at radius 1 is 1.33 bits per heavy atom. The van der Waals surface area contributed by atoms with Crippen LogP contribution in [-0.4, -0.2) is 50.8 Å². The van der Waals surface area contributed by atoms with Crippen molar-refractivity contribution in [3.05, 3.63) is 16.3 Å². The van der Waals surface area contributed by atoms with Gasteiger partial charge in [-0.1, -0.05) is 0 Å². The largest absolute Gasteiger partial charge is 0.391 e. The standard InChI is InChI=1S/C9H13NO5S3/c11-6-8-5-9(7-16-8)18(14,15)10-1-3-17(12,13)4-2-10/h5,7,11H,1-4,6H2. The average molecular weight is 311 g/mol. The van der Waals surface area contributed by atoms with Gasteiger partial charge in [0.15, 0.2) is 9.84 Å². The van der Waals surface area contributed by atoms with Gasteiger partial charge in [-0.25, -0.2) is 16.8 Å². The van der Waals surface area contributed by atoms with Crippen LogP contribution >= 0.6 is 11.3 Å². The van der Waals surface area contributed by atoms with Gasteiger partial charge in [0.05, 0.1) is 23.0 Å². The summed E-state index contributed by atoms with van der Waals surface area (Å²) in [5.41, 5.74) is 0. The molecule has 0 aliphatic carbocycles. The molecule has 2 heterocycles. The minimum Gasteiger partial charge on any atom is -0.391 e. The maximum Gasteiger partial charge on any atom is 0.243 e. The highest BCUT2D eigenvalue weighted by molar-refractivity contribution is 7.92. The predicted octanol–water partition coefficient (Wildman–Crippen LogP) is -0.340. The van der Waals surface area contributed by atoms with Crippen LogP contribution in [0.4, 0.5) is 0 Å². The van der Waals surface area contributed by atoms with Crippen molar-refractivity contribution in [3.63, 3.8) is 0 Å². The number of hydrogen-bond acceptors (Lipinski definition) is 6. The Morgan fingerprint density at radius 2 is 1.94 bits per heavy atom. The zero-order chi connectivity index (χ0) is 13.4. The molecule has 102 valence electrons. The lowest BCUT2D eigenvalue weighted by Crippen LogP contribution is -2.43. The van der Waals surface area contributed by atoms with Crippen LogP contribution in [0.5, 0.6) is 0 Å². The molecule has 1 aromatic heterocycles. The lowest BCUT2D eigenvalue weighted by Gasteiger charge is -2.25. The van der Waals surface area contributed by atoms with E-state index in [1.54, 1.807) is 0 Å². The molecule has 0 spiro atoms. The molecule has 1 N–H and O–H groups in total. The van der Waals surface area contributed by atoms with Crippen LogP contribution in [-0.2, 0) is 26.5 Å². The van der Waals surface area contributed by atoms with Gasteiger partial charge in [-0.15, -0.1) is 11.3 Å². The first-order valence-electron chi connectivity index (χ1n) is 5.24. The summed E-state index contributed by atoms with van der Waals surface area (Å²) in [6, 6.07) is 1.42. The Bertz CT molecular complexity index is 617. The number of aliphatic hydroxyl groups excluding tert-OH is 1. The van der Waals surface area contributed by atoms with Crippen LogP contribution in [0.1, 0.15) is 4.88 Å². The number of sulfone groups is 1. The van der Waals surface area contributed by atoms with Crippen molar-refractivity contribution in [3.8, 4) is 0 Å². The topological polar surface area (TPSA) is 91.8 Å². The van der Waals surface area contributed by atoms with Crippen molar-refractivity contribution in [2.45, 2.75) is 11.5 Å². The smallest absolute Gasteiger partial charge is 0.243 e. The van der Waals surface area contributed by atoms with E-state index in [1.165, 1.54) is 27.1 Å². The van der Waals surface area contributed by atoms with Crippen molar-refractivity contribution in [1.29, 1.82) is 0 Å². The SMILES string of the molecule is O=S1(=O)CCN(S(=O)(=O)c2csc(CO)c2)CC1. The third-order valence-corrected chi connectivity index (χ3v) is 7.28. The van der Waals surface area contributed by atoms with Crippen molar-refractivity contribution < 1.29 is 21.9 Å². The van der Waals surface area contributed by atoms with E-state index in [0.29, 0.717) is 4.88 Å². The molecule has 1 aromatic rings. The number of hydrogen-bond donors (Lipinski definition) is 1. The summed E-state index contributed by atoms with van der Waals surface area (Å²) < 4.78 is 48.1. The van der Waals surface area contributed by atoms with E-state index in [9.17, 15) is 16.8 Å². The van der Waals surface area contributed by atoms with Gasteiger partial charge < -0.3 is 5.11 Å². The fourth-order valence-corrected chi connectivity index (χ4v) is 5.66. The Kier molecular flexibility index (Phi) is 3.79. The van der Waals surface area contributed by atoms with Crippen molar-refractivity contribution in [1.82, 2.24) is 4.31 Å². The molecule has 1 aliphatic heterocycles. The summed E-state index contributed by atoms with van der Waals surface area (Å²) in [6.45, 7) is -0.210. The molecule has 9 heteroatoms. The molecule has 2 rings (SSSR count). The molecule has 0 bridgehead atoms. The van der Waals surface area contributed by atoms with Gasteiger partial charge in [-0.2, -0.15) is 4.31 Å². The molecule has 0 aromatic carbocycles. The molecule has 1 fully saturated rings. The first-order valence-corrected chi connectivity index (χ1v) is 9.38. The first kappa shape index (κ1) is 13.9. The Hall–Kier alpha value is -0.480. The molecule has 6 nitrogen and oxygen atoms in total. The quantitative estimate of drug-likeness (QED) is 0.824. The second kappa shape index (κ2) is 4.89. The van der Waals surface area contributed by atoms with Crippen LogP contribution in [0, 0.1) is 0 Å². The van der Waals surface area contributed by atoms with Crippen molar-refractivity contribution >= 4 is 31.2 Å². The van der Waals surface area contributed by atoms with Crippen LogP contribution in [0.15, 0.2) is 16.3 Å². The normalized spacial score (nSPS) is 20.9. The number of rotatable bonds is 3.